The lowest BCUT2D eigenvalue weighted by molar-refractivity contribution is 0.157. The summed E-state index contributed by atoms with van der Waals surface area (Å²) in [6, 6.07) is 0.643. The topological polar surface area (TPSA) is 52.1 Å². The van der Waals surface area contributed by atoms with E-state index < -0.39 is 0 Å². The Balaban J connectivity index is 0.00000529. The lowest BCUT2D eigenvalue weighted by Gasteiger charge is -2.35. The summed E-state index contributed by atoms with van der Waals surface area (Å²) in [7, 11) is 5.74. The van der Waals surface area contributed by atoms with Crippen molar-refractivity contribution in [3.63, 3.8) is 0 Å². The van der Waals surface area contributed by atoms with E-state index >= 15 is 0 Å². The van der Waals surface area contributed by atoms with Crippen LogP contribution in [0.1, 0.15) is 32.6 Å². The van der Waals surface area contributed by atoms with Crippen LogP contribution in [0, 0.1) is 0 Å². The summed E-state index contributed by atoms with van der Waals surface area (Å²) < 4.78 is 5.08. The second-order valence-corrected chi connectivity index (χ2v) is 6.31. The van der Waals surface area contributed by atoms with E-state index in [0.717, 1.165) is 51.7 Å². The van der Waals surface area contributed by atoms with Crippen LogP contribution in [0.2, 0.25) is 0 Å². The molecule has 0 radical (unpaired) electrons. The molecule has 0 spiro atoms. The number of rotatable bonds is 10. The summed E-state index contributed by atoms with van der Waals surface area (Å²) in [6.45, 7) is 9.43. The van der Waals surface area contributed by atoms with E-state index in [1.54, 1.807) is 7.11 Å². The second-order valence-electron chi connectivity index (χ2n) is 6.31. The maximum atomic E-state index is 5.08. The summed E-state index contributed by atoms with van der Waals surface area (Å²) >= 11 is 0. The minimum atomic E-state index is 0. The van der Waals surface area contributed by atoms with Crippen molar-refractivity contribution in [2.75, 3.05) is 67.1 Å². The number of hydrogen-bond donors (Lipinski definition) is 2. The third kappa shape index (κ3) is 10.0. The highest BCUT2D eigenvalue weighted by Crippen LogP contribution is 2.15. The Morgan fingerprint density at radius 2 is 2.08 bits per heavy atom. The lowest BCUT2D eigenvalue weighted by Crippen LogP contribution is -2.49. The predicted molar refractivity (Wildman–Crippen MR) is 114 cm³/mol. The van der Waals surface area contributed by atoms with Crippen molar-refractivity contribution in [1.29, 1.82) is 0 Å². The molecule has 7 heteroatoms. The Morgan fingerprint density at radius 1 is 1.29 bits per heavy atom. The van der Waals surface area contributed by atoms with Gasteiger partial charge in [-0.25, -0.2) is 0 Å². The average molecular weight is 455 g/mol. The number of methoxy groups -OCH3 is 1. The van der Waals surface area contributed by atoms with Gasteiger partial charge in [-0.15, -0.1) is 24.0 Å². The molecule has 1 saturated heterocycles. The van der Waals surface area contributed by atoms with Gasteiger partial charge in [-0.05, 0) is 39.4 Å². The third-order valence-corrected chi connectivity index (χ3v) is 4.56. The van der Waals surface area contributed by atoms with Crippen LogP contribution in [0.15, 0.2) is 4.99 Å². The SMILES string of the molecule is CCN1CCCCC1CNC(=NC)NCCN(C)CCCOC.I. The van der Waals surface area contributed by atoms with Crippen LogP contribution in [0.25, 0.3) is 0 Å². The van der Waals surface area contributed by atoms with Crippen LogP contribution in [-0.4, -0.2) is 88.9 Å². The van der Waals surface area contributed by atoms with E-state index in [-0.39, 0.29) is 24.0 Å². The molecule has 1 fully saturated rings. The first-order chi connectivity index (χ1) is 11.2. The summed E-state index contributed by atoms with van der Waals surface area (Å²) in [6.07, 6.45) is 5.06. The van der Waals surface area contributed by atoms with Crippen LogP contribution in [-0.2, 0) is 4.74 Å². The molecule has 0 bridgehead atoms. The van der Waals surface area contributed by atoms with Crippen molar-refractivity contribution in [3.05, 3.63) is 0 Å². The molecule has 24 heavy (non-hydrogen) atoms. The van der Waals surface area contributed by atoms with Crippen LogP contribution < -0.4 is 10.6 Å². The number of nitrogens with one attached hydrogen (secondary N) is 2. The summed E-state index contributed by atoms with van der Waals surface area (Å²) in [4.78, 5) is 9.23. The fourth-order valence-corrected chi connectivity index (χ4v) is 3.10. The molecular weight excluding hydrogens is 417 g/mol. The summed E-state index contributed by atoms with van der Waals surface area (Å²) in [5, 5.41) is 6.90. The number of aliphatic imine (C=N–C) groups is 1. The molecule has 0 saturated carbocycles. The first-order valence-corrected chi connectivity index (χ1v) is 9.07. The molecule has 1 unspecified atom stereocenters. The number of likely N-dealkylation sites (N-methyl/N-ethyl adjacent to an activating group) is 2. The van der Waals surface area contributed by atoms with Gasteiger partial charge >= 0.3 is 0 Å². The van der Waals surface area contributed by atoms with E-state index in [4.69, 9.17) is 4.74 Å². The zero-order valence-electron chi connectivity index (χ0n) is 16.0. The molecule has 0 aromatic carbocycles. The molecule has 1 heterocycles. The fraction of sp³-hybridized carbons (Fsp3) is 0.941. The Kier molecular flexibility index (Phi) is 15.1. The van der Waals surface area contributed by atoms with Crippen LogP contribution in [0.4, 0.5) is 0 Å². The molecule has 0 aromatic rings. The number of nitrogens with zero attached hydrogens (tertiary/aromatic N) is 3. The van der Waals surface area contributed by atoms with Crippen molar-refractivity contribution in [3.8, 4) is 0 Å². The number of likely N-dealkylation sites (tertiary alicyclic amines) is 1. The van der Waals surface area contributed by atoms with E-state index in [1.165, 1.54) is 25.8 Å². The largest absolute Gasteiger partial charge is 0.385 e. The van der Waals surface area contributed by atoms with Gasteiger partial charge in [-0.3, -0.25) is 9.89 Å². The number of hydrogen-bond acceptors (Lipinski definition) is 4. The monoisotopic (exact) mass is 455 g/mol. The van der Waals surface area contributed by atoms with Gasteiger partial charge in [-0.1, -0.05) is 13.3 Å². The zero-order chi connectivity index (χ0) is 16.9. The maximum Gasteiger partial charge on any atom is 0.191 e. The maximum absolute atomic E-state index is 5.08. The van der Waals surface area contributed by atoms with Crippen molar-refractivity contribution in [2.45, 2.75) is 38.6 Å². The van der Waals surface area contributed by atoms with Gasteiger partial charge < -0.3 is 20.3 Å². The number of guanidine groups is 1. The standard InChI is InChI=1S/C17H37N5O.HI/c1-5-22-12-7-6-9-16(22)15-20-17(18-2)19-10-13-21(3)11-8-14-23-4;/h16H,5-15H2,1-4H3,(H2,18,19,20);1H. The predicted octanol–water partition coefficient (Wildman–Crippen LogP) is 1.61. The van der Waals surface area contributed by atoms with Gasteiger partial charge in [0.25, 0.3) is 0 Å². The molecule has 144 valence electrons. The third-order valence-electron chi connectivity index (χ3n) is 4.56. The van der Waals surface area contributed by atoms with Gasteiger partial charge in [-0.2, -0.15) is 0 Å². The highest BCUT2D eigenvalue weighted by Gasteiger charge is 2.20. The quantitative estimate of drug-likeness (QED) is 0.227. The minimum absolute atomic E-state index is 0. The zero-order valence-corrected chi connectivity index (χ0v) is 18.3. The first kappa shape index (κ1) is 23.9. The Hall–Kier alpha value is -0.120. The molecule has 1 atom stereocenters. The van der Waals surface area contributed by atoms with Gasteiger partial charge in [0.2, 0.25) is 0 Å². The number of halogens is 1. The van der Waals surface area contributed by atoms with Gasteiger partial charge in [0.15, 0.2) is 5.96 Å². The van der Waals surface area contributed by atoms with Crippen molar-refractivity contribution >= 4 is 29.9 Å². The van der Waals surface area contributed by atoms with E-state index in [0.29, 0.717) is 6.04 Å². The minimum Gasteiger partial charge on any atom is -0.385 e. The molecule has 6 nitrogen and oxygen atoms in total. The van der Waals surface area contributed by atoms with Crippen molar-refractivity contribution in [1.82, 2.24) is 20.4 Å². The number of piperidine rings is 1. The smallest absolute Gasteiger partial charge is 0.191 e. The van der Waals surface area contributed by atoms with Crippen molar-refractivity contribution in [2.24, 2.45) is 4.99 Å². The Bertz CT molecular complexity index is 330. The van der Waals surface area contributed by atoms with Gasteiger partial charge in [0, 0.05) is 53.0 Å². The highest BCUT2D eigenvalue weighted by atomic mass is 127. The first-order valence-electron chi connectivity index (χ1n) is 9.07. The van der Waals surface area contributed by atoms with Crippen molar-refractivity contribution < 1.29 is 4.74 Å². The van der Waals surface area contributed by atoms with E-state index in [9.17, 15) is 0 Å². The van der Waals surface area contributed by atoms with E-state index in [2.05, 4.69) is 39.4 Å². The lowest BCUT2D eigenvalue weighted by atomic mass is 10.0. The van der Waals surface area contributed by atoms with Gasteiger partial charge in [0.1, 0.15) is 0 Å². The molecule has 0 aliphatic carbocycles. The fourth-order valence-electron chi connectivity index (χ4n) is 3.10. The summed E-state index contributed by atoms with van der Waals surface area (Å²) in [5.41, 5.74) is 0. The number of ether oxygens (including phenoxy) is 1. The normalized spacial score (nSPS) is 19.2. The Labute approximate surface area is 165 Å². The van der Waals surface area contributed by atoms with Crippen LogP contribution >= 0.6 is 24.0 Å². The molecule has 2 N–H and O–H groups in total. The molecule has 0 amide bonds. The molecule has 1 aliphatic heterocycles. The molecular formula is C17H38IN5O. The van der Waals surface area contributed by atoms with Crippen LogP contribution in [0.5, 0.6) is 0 Å². The van der Waals surface area contributed by atoms with Gasteiger partial charge in [0.05, 0.1) is 0 Å². The molecule has 1 rings (SSSR count). The molecule has 1 aliphatic rings. The summed E-state index contributed by atoms with van der Waals surface area (Å²) in [5.74, 6) is 0.914. The average Bonchev–Trinajstić information content (AvgIpc) is 2.58. The Morgan fingerprint density at radius 3 is 2.75 bits per heavy atom. The second kappa shape index (κ2) is 15.2. The highest BCUT2D eigenvalue weighted by molar-refractivity contribution is 14.0. The molecule has 0 aromatic heterocycles. The van der Waals surface area contributed by atoms with E-state index in [1.807, 2.05) is 7.05 Å². The van der Waals surface area contributed by atoms with Crippen LogP contribution in [0.3, 0.4) is 0 Å².